The third-order valence-electron chi connectivity index (χ3n) is 4.75. The van der Waals surface area contributed by atoms with E-state index in [0.29, 0.717) is 12.5 Å². The van der Waals surface area contributed by atoms with Crippen LogP contribution in [0.4, 0.5) is 10.6 Å². The molecule has 3 heterocycles. The molecule has 7 heteroatoms. The van der Waals surface area contributed by atoms with Crippen LogP contribution in [-0.4, -0.2) is 56.7 Å². The van der Waals surface area contributed by atoms with Gasteiger partial charge in [0, 0.05) is 19.8 Å². The predicted octanol–water partition coefficient (Wildman–Crippen LogP) is 2.17. The number of aromatic amines is 1. The summed E-state index contributed by atoms with van der Waals surface area (Å²) >= 11 is 0. The maximum Gasteiger partial charge on any atom is 0.407 e. The highest BCUT2D eigenvalue weighted by molar-refractivity contribution is 5.87. The molecule has 0 bridgehead atoms. The Hall–Kier alpha value is -2.31. The van der Waals surface area contributed by atoms with Crippen molar-refractivity contribution in [3.05, 3.63) is 18.6 Å². The summed E-state index contributed by atoms with van der Waals surface area (Å²) in [6, 6.07) is 1.95. The van der Waals surface area contributed by atoms with Crippen molar-refractivity contribution in [2.45, 2.75) is 32.4 Å². The average molecular weight is 303 g/mol. The molecule has 0 aromatic carbocycles. The summed E-state index contributed by atoms with van der Waals surface area (Å²) in [7, 11) is 1.98. The molecule has 3 atom stereocenters. The smallest absolute Gasteiger partial charge is 0.407 e. The lowest BCUT2D eigenvalue weighted by Gasteiger charge is -2.46. The molecule has 1 aliphatic heterocycles. The number of likely N-dealkylation sites (N-methyl/N-ethyl adjacent to an activating group) is 1. The molecule has 7 nitrogen and oxygen atoms in total. The minimum Gasteiger partial charge on any atom is -0.465 e. The highest BCUT2D eigenvalue weighted by Gasteiger charge is 2.38. The molecule has 2 aromatic rings. The molecule has 1 amide bonds. The second kappa shape index (κ2) is 5.47. The molecule has 1 aliphatic rings. The second-order valence-corrected chi connectivity index (χ2v) is 6.02. The van der Waals surface area contributed by atoms with Crippen molar-refractivity contribution in [3.63, 3.8) is 0 Å². The molecule has 22 heavy (non-hydrogen) atoms. The van der Waals surface area contributed by atoms with Crippen LogP contribution < -0.4 is 4.90 Å². The molecule has 0 radical (unpaired) electrons. The molecule has 2 aromatic heterocycles. The Morgan fingerprint density at radius 1 is 1.45 bits per heavy atom. The van der Waals surface area contributed by atoms with Crippen molar-refractivity contribution in [2.24, 2.45) is 5.92 Å². The largest absolute Gasteiger partial charge is 0.465 e. The molecular weight excluding hydrogens is 282 g/mol. The monoisotopic (exact) mass is 303 g/mol. The number of H-pyrrole nitrogens is 1. The number of nitrogens with one attached hydrogen (secondary N) is 1. The quantitative estimate of drug-likeness (QED) is 0.888. The number of piperidine rings is 1. The van der Waals surface area contributed by atoms with Gasteiger partial charge in [0.2, 0.25) is 0 Å². The van der Waals surface area contributed by atoms with Gasteiger partial charge in [0.25, 0.3) is 0 Å². The van der Waals surface area contributed by atoms with Gasteiger partial charge in [-0.05, 0) is 25.3 Å². The van der Waals surface area contributed by atoms with Gasteiger partial charge in [0.05, 0.1) is 17.5 Å². The Morgan fingerprint density at radius 3 is 2.95 bits per heavy atom. The molecule has 1 saturated heterocycles. The highest BCUT2D eigenvalue weighted by atomic mass is 16.4. The Morgan fingerprint density at radius 2 is 2.23 bits per heavy atom. The van der Waals surface area contributed by atoms with Gasteiger partial charge in [0.15, 0.2) is 0 Å². The topological polar surface area (TPSA) is 85.4 Å². The minimum absolute atomic E-state index is 0.0813. The number of hydrogen-bond acceptors (Lipinski definition) is 4. The number of hydrogen-bond donors (Lipinski definition) is 2. The van der Waals surface area contributed by atoms with Crippen LogP contribution in [0.25, 0.3) is 11.0 Å². The van der Waals surface area contributed by atoms with E-state index in [-0.39, 0.29) is 12.1 Å². The van der Waals surface area contributed by atoms with Crippen LogP contribution in [-0.2, 0) is 0 Å². The number of amides is 1. The van der Waals surface area contributed by atoms with Crippen molar-refractivity contribution in [1.29, 1.82) is 0 Å². The van der Waals surface area contributed by atoms with E-state index in [9.17, 15) is 9.90 Å². The van der Waals surface area contributed by atoms with Crippen molar-refractivity contribution in [2.75, 3.05) is 18.5 Å². The van der Waals surface area contributed by atoms with Crippen LogP contribution in [0.15, 0.2) is 18.6 Å². The van der Waals surface area contributed by atoms with E-state index >= 15 is 0 Å². The fourth-order valence-electron chi connectivity index (χ4n) is 3.63. The van der Waals surface area contributed by atoms with Crippen LogP contribution in [0.3, 0.4) is 0 Å². The molecular formula is C15H21N5O2. The number of rotatable bonds is 2. The van der Waals surface area contributed by atoms with Gasteiger partial charge in [0.1, 0.15) is 17.8 Å². The van der Waals surface area contributed by atoms with Gasteiger partial charge in [-0.1, -0.05) is 6.92 Å². The SMILES string of the molecule is CC1[C@H](N(C)c2ncnc3[nH]ccc23)[C@H](C)CCN1C(=O)O. The maximum atomic E-state index is 11.4. The zero-order chi connectivity index (χ0) is 15.9. The number of fused-ring (bicyclic) bond motifs is 1. The Labute approximate surface area is 129 Å². The fraction of sp³-hybridized carbons (Fsp3) is 0.533. The molecule has 118 valence electrons. The molecule has 1 fully saturated rings. The first-order valence-electron chi connectivity index (χ1n) is 7.51. The average Bonchev–Trinajstić information content (AvgIpc) is 2.94. The number of aromatic nitrogens is 3. The molecule has 0 saturated carbocycles. The molecule has 3 rings (SSSR count). The van der Waals surface area contributed by atoms with E-state index in [1.807, 2.05) is 26.2 Å². The van der Waals surface area contributed by atoms with Crippen LogP contribution in [0.5, 0.6) is 0 Å². The van der Waals surface area contributed by atoms with Crippen LogP contribution in [0, 0.1) is 5.92 Å². The first kappa shape index (κ1) is 14.6. The van der Waals surface area contributed by atoms with Crippen LogP contribution in [0.2, 0.25) is 0 Å². The van der Waals surface area contributed by atoms with Crippen LogP contribution in [0.1, 0.15) is 20.3 Å². The lowest BCUT2D eigenvalue weighted by Crippen LogP contribution is -2.58. The van der Waals surface area contributed by atoms with E-state index in [0.717, 1.165) is 23.3 Å². The Balaban J connectivity index is 1.97. The summed E-state index contributed by atoms with van der Waals surface area (Å²) in [5.74, 6) is 1.22. The third kappa shape index (κ3) is 2.26. The first-order valence-corrected chi connectivity index (χ1v) is 7.51. The third-order valence-corrected chi connectivity index (χ3v) is 4.75. The number of likely N-dealkylation sites (tertiary alicyclic amines) is 1. The van der Waals surface area contributed by atoms with E-state index in [4.69, 9.17) is 0 Å². The van der Waals surface area contributed by atoms with E-state index < -0.39 is 6.09 Å². The number of anilines is 1. The summed E-state index contributed by atoms with van der Waals surface area (Å²) in [6.45, 7) is 4.73. The van der Waals surface area contributed by atoms with Gasteiger partial charge < -0.3 is 19.9 Å². The van der Waals surface area contributed by atoms with Crippen LogP contribution >= 0.6 is 0 Å². The molecule has 0 aliphatic carbocycles. The highest BCUT2D eigenvalue weighted by Crippen LogP contribution is 2.31. The normalized spacial score (nSPS) is 25.4. The van der Waals surface area contributed by atoms with E-state index in [1.165, 1.54) is 11.2 Å². The predicted molar refractivity (Wildman–Crippen MR) is 84.1 cm³/mol. The van der Waals surface area contributed by atoms with Crippen molar-refractivity contribution in [3.8, 4) is 0 Å². The zero-order valence-corrected chi connectivity index (χ0v) is 13.0. The van der Waals surface area contributed by atoms with Crippen molar-refractivity contribution in [1.82, 2.24) is 19.9 Å². The van der Waals surface area contributed by atoms with Crippen molar-refractivity contribution >= 4 is 22.9 Å². The maximum absolute atomic E-state index is 11.4. The van der Waals surface area contributed by atoms with E-state index in [2.05, 4.69) is 26.8 Å². The van der Waals surface area contributed by atoms with Gasteiger partial charge in [-0.2, -0.15) is 0 Å². The lowest BCUT2D eigenvalue weighted by atomic mass is 9.86. The number of nitrogens with zero attached hydrogens (tertiary/aromatic N) is 4. The summed E-state index contributed by atoms with van der Waals surface area (Å²) in [5.41, 5.74) is 0.794. The van der Waals surface area contributed by atoms with Gasteiger partial charge in [-0.15, -0.1) is 0 Å². The summed E-state index contributed by atoms with van der Waals surface area (Å²) in [6.07, 6.45) is 3.38. The number of carboxylic acid groups (broad SMARTS) is 1. The van der Waals surface area contributed by atoms with Crippen molar-refractivity contribution < 1.29 is 9.90 Å². The second-order valence-electron chi connectivity index (χ2n) is 6.02. The van der Waals surface area contributed by atoms with Gasteiger partial charge in [-0.3, -0.25) is 0 Å². The van der Waals surface area contributed by atoms with Gasteiger partial charge >= 0.3 is 6.09 Å². The first-order chi connectivity index (χ1) is 10.5. The summed E-state index contributed by atoms with van der Waals surface area (Å²) in [4.78, 5) is 26.8. The Kier molecular flexibility index (Phi) is 3.64. The Bertz CT molecular complexity index is 685. The number of carbonyl (C=O) groups is 1. The van der Waals surface area contributed by atoms with Gasteiger partial charge in [-0.25, -0.2) is 14.8 Å². The summed E-state index contributed by atoms with van der Waals surface area (Å²) < 4.78 is 0. The molecule has 2 N–H and O–H groups in total. The minimum atomic E-state index is -0.854. The lowest BCUT2D eigenvalue weighted by molar-refractivity contribution is 0.0858. The standard InChI is InChI=1S/C15H21N5O2/c1-9-5-7-20(15(21)22)10(2)12(9)19(3)14-11-4-6-16-13(11)17-8-18-14/h4,6,8-10,12H,5,7H2,1-3H3,(H,21,22)(H,16,17,18)/t9-,10?,12-/m1/s1. The van der Waals surface area contributed by atoms with E-state index in [1.54, 1.807) is 0 Å². The molecule has 0 spiro atoms. The molecule has 1 unspecified atom stereocenters. The summed E-state index contributed by atoms with van der Waals surface area (Å²) in [5, 5.41) is 10.3. The fourth-order valence-corrected chi connectivity index (χ4v) is 3.63. The zero-order valence-electron chi connectivity index (χ0n) is 13.0.